The van der Waals surface area contributed by atoms with E-state index in [9.17, 15) is 9.59 Å². The summed E-state index contributed by atoms with van der Waals surface area (Å²) in [6.45, 7) is 3.44. The fourth-order valence-electron chi connectivity index (χ4n) is 3.30. The molecule has 1 aromatic carbocycles. The maximum Gasteiger partial charge on any atom is 0.287 e. The molecule has 1 atom stereocenters. The third-order valence-electron chi connectivity index (χ3n) is 4.73. The molecule has 1 unspecified atom stereocenters. The summed E-state index contributed by atoms with van der Waals surface area (Å²) in [5.41, 5.74) is 0.152. The highest BCUT2D eigenvalue weighted by Crippen LogP contribution is 2.25. The van der Waals surface area contributed by atoms with Crippen LogP contribution in [0, 0.1) is 0 Å². The van der Waals surface area contributed by atoms with Crippen LogP contribution >= 0.6 is 27.3 Å². The van der Waals surface area contributed by atoms with Crippen molar-refractivity contribution in [1.82, 2.24) is 10.2 Å². The molecule has 4 rings (SSSR count). The maximum atomic E-state index is 12.7. The van der Waals surface area contributed by atoms with E-state index < -0.39 is 5.91 Å². The van der Waals surface area contributed by atoms with Crippen molar-refractivity contribution in [3.8, 4) is 0 Å². The van der Waals surface area contributed by atoms with Crippen molar-refractivity contribution in [3.63, 3.8) is 0 Å². The van der Waals surface area contributed by atoms with Gasteiger partial charge in [0.15, 0.2) is 11.2 Å². The van der Waals surface area contributed by atoms with Crippen molar-refractivity contribution >= 4 is 44.1 Å². The molecule has 1 fully saturated rings. The summed E-state index contributed by atoms with van der Waals surface area (Å²) in [4.78, 5) is 28.5. The van der Waals surface area contributed by atoms with E-state index in [2.05, 4.69) is 32.2 Å². The predicted octanol–water partition coefficient (Wildman–Crippen LogP) is 3.42. The van der Waals surface area contributed by atoms with Gasteiger partial charge in [-0.2, -0.15) is 0 Å². The van der Waals surface area contributed by atoms with Gasteiger partial charge in [0.05, 0.1) is 24.6 Å². The second-order valence-corrected chi connectivity index (χ2v) is 8.40. The first-order chi connectivity index (χ1) is 13.6. The molecule has 0 saturated carbocycles. The van der Waals surface area contributed by atoms with Gasteiger partial charge in [-0.3, -0.25) is 14.5 Å². The Morgan fingerprint density at radius 1 is 1.25 bits per heavy atom. The lowest BCUT2D eigenvalue weighted by molar-refractivity contribution is 0.0168. The largest absolute Gasteiger partial charge is 0.451 e. The molecule has 1 amide bonds. The lowest BCUT2D eigenvalue weighted by Crippen LogP contribution is -2.43. The number of thiophene rings is 1. The quantitative estimate of drug-likeness (QED) is 0.628. The Balaban J connectivity index is 1.53. The molecule has 1 saturated heterocycles. The number of amides is 1. The minimum Gasteiger partial charge on any atom is -0.451 e. The van der Waals surface area contributed by atoms with E-state index in [-0.39, 0.29) is 17.2 Å². The number of hydrogen-bond donors (Lipinski definition) is 1. The van der Waals surface area contributed by atoms with E-state index in [0.717, 1.165) is 17.6 Å². The Morgan fingerprint density at radius 2 is 2.07 bits per heavy atom. The van der Waals surface area contributed by atoms with Crippen LogP contribution in [0.1, 0.15) is 21.5 Å². The number of ether oxygens (including phenoxy) is 1. The van der Waals surface area contributed by atoms with E-state index in [1.807, 2.05) is 11.4 Å². The normalized spacial score (nSPS) is 16.2. The molecule has 0 bridgehead atoms. The van der Waals surface area contributed by atoms with Crippen molar-refractivity contribution in [1.29, 1.82) is 0 Å². The molecule has 2 aromatic heterocycles. The fourth-order valence-corrected chi connectivity index (χ4v) is 4.52. The van der Waals surface area contributed by atoms with Gasteiger partial charge in [0.2, 0.25) is 0 Å². The van der Waals surface area contributed by atoms with Gasteiger partial charge in [0.1, 0.15) is 5.58 Å². The lowest BCUT2D eigenvalue weighted by atomic mass is 10.1. The first-order valence-corrected chi connectivity index (χ1v) is 10.7. The van der Waals surface area contributed by atoms with Gasteiger partial charge in [-0.25, -0.2) is 0 Å². The summed E-state index contributed by atoms with van der Waals surface area (Å²) in [5.74, 6) is -0.372. The maximum absolute atomic E-state index is 12.7. The number of carbonyl (C=O) groups excluding carboxylic acids is 1. The molecule has 8 heteroatoms. The van der Waals surface area contributed by atoms with Crippen LogP contribution in [0.2, 0.25) is 0 Å². The van der Waals surface area contributed by atoms with Crippen molar-refractivity contribution in [2.75, 3.05) is 32.8 Å². The molecule has 3 heterocycles. The fraction of sp³-hybridized carbons (Fsp3) is 0.300. The number of carbonyl (C=O) groups is 1. The molecule has 3 aromatic rings. The van der Waals surface area contributed by atoms with Crippen LogP contribution in [0.4, 0.5) is 0 Å². The number of morpholine rings is 1. The van der Waals surface area contributed by atoms with Gasteiger partial charge < -0.3 is 14.5 Å². The monoisotopic (exact) mass is 462 g/mol. The first-order valence-electron chi connectivity index (χ1n) is 8.98. The van der Waals surface area contributed by atoms with Crippen molar-refractivity contribution in [2.24, 2.45) is 0 Å². The zero-order chi connectivity index (χ0) is 19.5. The zero-order valence-corrected chi connectivity index (χ0v) is 17.4. The van der Waals surface area contributed by atoms with Gasteiger partial charge in [-0.1, -0.05) is 22.0 Å². The topological polar surface area (TPSA) is 71.8 Å². The smallest absolute Gasteiger partial charge is 0.287 e. The van der Waals surface area contributed by atoms with Crippen LogP contribution in [0.5, 0.6) is 0 Å². The Morgan fingerprint density at radius 3 is 2.82 bits per heavy atom. The average molecular weight is 463 g/mol. The molecule has 146 valence electrons. The van der Waals surface area contributed by atoms with E-state index in [1.165, 1.54) is 10.9 Å². The van der Waals surface area contributed by atoms with Gasteiger partial charge in [0, 0.05) is 35.1 Å². The zero-order valence-electron chi connectivity index (χ0n) is 15.0. The third-order valence-corrected chi connectivity index (χ3v) is 6.19. The molecule has 28 heavy (non-hydrogen) atoms. The molecule has 1 aliphatic heterocycles. The van der Waals surface area contributed by atoms with Crippen LogP contribution in [0.15, 0.2) is 55.5 Å². The number of rotatable bonds is 5. The Kier molecular flexibility index (Phi) is 5.91. The van der Waals surface area contributed by atoms with Crippen LogP contribution in [0.3, 0.4) is 0 Å². The Bertz CT molecular complexity index is 1030. The van der Waals surface area contributed by atoms with Gasteiger partial charge in [-0.15, -0.1) is 11.3 Å². The summed E-state index contributed by atoms with van der Waals surface area (Å²) < 4.78 is 11.9. The van der Waals surface area contributed by atoms with Gasteiger partial charge in [0.25, 0.3) is 5.91 Å². The van der Waals surface area contributed by atoms with Gasteiger partial charge in [-0.05, 0) is 29.6 Å². The Labute approximate surface area is 174 Å². The summed E-state index contributed by atoms with van der Waals surface area (Å²) >= 11 is 5.01. The number of halogens is 1. The first kappa shape index (κ1) is 19.3. The second-order valence-electron chi connectivity index (χ2n) is 6.50. The SMILES string of the molecule is O=C(NCC(c1cccs1)N1CCOCC1)c1cc(=O)c2cc(Br)ccc2o1. The minimum atomic E-state index is -0.392. The summed E-state index contributed by atoms with van der Waals surface area (Å²) in [7, 11) is 0. The van der Waals surface area contributed by atoms with Crippen LogP contribution in [-0.2, 0) is 4.74 Å². The Hall–Kier alpha value is -2.00. The van der Waals surface area contributed by atoms with Crippen molar-refractivity contribution < 1.29 is 13.9 Å². The standard InChI is InChI=1S/C20H19BrN2O4S/c21-13-3-4-17-14(10-13)16(24)11-18(27-17)20(25)22-12-15(19-2-1-9-28-19)23-5-7-26-8-6-23/h1-4,9-11,15H,5-8,12H2,(H,22,25). The van der Waals surface area contributed by atoms with Crippen molar-refractivity contribution in [3.05, 3.63) is 67.1 Å². The molecule has 1 N–H and O–H groups in total. The summed E-state index contributed by atoms with van der Waals surface area (Å²) in [6.07, 6.45) is 0. The lowest BCUT2D eigenvalue weighted by Gasteiger charge is -2.34. The van der Waals surface area contributed by atoms with Crippen LogP contribution < -0.4 is 10.7 Å². The van der Waals surface area contributed by atoms with Crippen LogP contribution in [0.25, 0.3) is 11.0 Å². The highest BCUT2D eigenvalue weighted by Gasteiger charge is 2.24. The summed E-state index contributed by atoms with van der Waals surface area (Å²) in [5, 5.41) is 5.40. The molecular formula is C20H19BrN2O4S. The molecule has 0 aliphatic carbocycles. The minimum absolute atomic E-state index is 0.0201. The van der Waals surface area contributed by atoms with E-state index in [4.69, 9.17) is 9.15 Å². The van der Waals surface area contributed by atoms with Gasteiger partial charge >= 0.3 is 0 Å². The number of hydrogen-bond acceptors (Lipinski definition) is 6. The van der Waals surface area contributed by atoms with E-state index in [0.29, 0.717) is 30.7 Å². The molecule has 6 nitrogen and oxygen atoms in total. The predicted molar refractivity (Wildman–Crippen MR) is 112 cm³/mol. The van der Waals surface area contributed by atoms with E-state index in [1.54, 1.807) is 29.5 Å². The molecule has 0 spiro atoms. The second kappa shape index (κ2) is 8.57. The molecule has 0 radical (unpaired) electrons. The number of nitrogens with one attached hydrogen (secondary N) is 1. The number of fused-ring (bicyclic) bond motifs is 1. The highest BCUT2D eigenvalue weighted by atomic mass is 79.9. The third kappa shape index (κ3) is 4.20. The molecular weight excluding hydrogens is 444 g/mol. The summed E-state index contributed by atoms with van der Waals surface area (Å²) in [6, 6.07) is 10.5. The van der Waals surface area contributed by atoms with Crippen LogP contribution in [-0.4, -0.2) is 43.7 Å². The van der Waals surface area contributed by atoms with E-state index >= 15 is 0 Å². The highest BCUT2D eigenvalue weighted by molar-refractivity contribution is 9.10. The molecule has 1 aliphatic rings. The average Bonchev–Trinajstić information content (AvgIpc) is 3.24. The van der Waals surface area contributed by atoms with Crippen molar-refractivity contribution in [2.45, 2.75) is 6.04 Å². The number of nitrogens with zero attached hydrogens (tertiary/aromatic N) is 1. The number of benzene rings is 1.